The van der Waals surface area contributed by atoms with Gasteiger partial charge >= 0.3 is 7.12 Å². The van der Waals surface area contributed by atoms with Gasteiger partial charge in [-0.2, -0.15) is 0 Å². The number of hydrogen-bond acceptors (Lipinski definition) is 2. The highest BCUT2D eigenvalue weighted by atomic mass is 16.5. The molecular formula is C10H11BO2. The van der Waals surface area contributed by atoms with Crippen molar-refractivity contribution in [3.05, 3.63) is 42.5 Å². The van der Waals surface area contributed by atoms with Crippen LogP contribution in [-0.2, 0) is 4.65 Å². The van der Waals surface area contributed by atoms with Gasteiger partial charge in [-0.3, -0.25) is 0 Å². The van der Waals surface area contributed by atoms with Crippen LogP contribution < -0.4 is 5.46 Å². The van der Waals surface area contributed by atoms with Crippen LogP contribution in [0.1, 0.15) is 18.1 Å². The topological polar surface area (TPSA) is 29.5 Å². The first-order chi connectivity index (χ1) is 6.33. The van der Waals surface area contributed by atoms with Crippen molar-refractivity contribution < 1.29 is 9.68 Å². The molecule has 0 aliphatic carbocycles. The lowest BCUT2D eigenvalue weighted by atomic mass is 9.79. The van der Waals surface area contributed by atoms with Crippen LogP contribution in [0.5, 0.6) is 0 Å². The lowest BCUT2D eigenvalue weighted by Gasteiger charge is -2.08. The molecule has 0 aromatic heterocycles. The van der Waals surface area contributed by atoms with Crippen LogP contribution in [0.4, 0.5) is 0 Å². The van der Waals surface area contributed by atoms with Crippen LogP contribution in [0.15, 0.2) is 36.9 Å². The van der Waals surface area contributed by atoms with Gasteiger partial charge in [0.1, 0.15) is 0 Å². The van der Waals surface area contributed by atoms with Gasteiger partial charge in [0.2, 0.25) is 0 Å². The van der Waals surface area contributed by atoms with Crippen molar-refractivity contribution in [1.29, 1.82) is 0 Å². The summed E-state index contributed by atoms with van der Waals surface area (Å²) in [5.74, 6) is 0. The summed E-state index contributed by atoms with van der Waals surface area (Å²) in [6.45, 7) is 3.66. The van der Waals surface area contributed by atoms with Crippen molar-refractivity contribution in [3.8, 4) is 0 Å². The van der Waals surface area contributed by atoms with Crippen molar-refractivity contribution in [1.82, 2.24) is 0 Å². The predicted molar refractivity (Wildman–Crippen MR) is 52.7 cm³/mol. The van der Waals surface area contributed by atoms with Gasteiger partial charge in [0, 0.05) is 0 Å². The fourth-order valence-electron chi connectivity index (χ4n) is 1.67. The molecule has 1 heterocycles. The smallest absolute Gasteiger partial charge is 0.423 e. The Balaban J connectivity index is 2.35. The summed E-state index contributed by atoms with van der Waals surface area (Å²) in [6.07, 6.45) is 2.52. The molecule has 13 heavy (non-hydrogen) atoms. The Kier molecular flexibility index (Phi) is 2.21. The van der Waals surface area contributed by atoms with Crippen LogP contribution in [0.25, 0.3) is 0 Å². The Morgan fingerprint density at radius 1 is 1.54 bits per heavy atom. The van der Waals surface area contributed by atoms with Gasteiger partial charge in [0.15, 0.2) is 0 Å². The predicted octanol–water partition coefficient (Wildman–Crippen LogP) is 1.02. The molecule has 1 N–H and O–H groups in total. The zero-order valence-electron chi connectivity index (χ0n) is 7.31. The number of hydrogen-bond donors (Lipinski definition) is 1. The minimum Gasteiger partial charge on any atom is -0.423 e. The van der Waals surface area contributed by atoms with Crippen molar-refractivity contribution in [2.24, 2.45) is 0 Å². The van der Waals surface area contributed by atoms with Crippen LogP contribution in [-0.4, -0.2) is 12.1 Å². The largest absolute Gasteiger partial charge is 0.491 e. The van der Waals surface area contributed by atoms with Crippen LogP contribution in [0.2, 0.25) is 0 Å². The maximum absolute atomic E-state index is 9.52. The third-order valence-electron chi connectivity index (χ3n) is 2.28. The van der Waals surface area contributed by atoms with E-state index in [-0.39, 0.29) is 6.10 Å². The van der Waals surface area contributed by atoms with Crippen LogP contribution >= 0.6 is 0 Å². The summed E-state index contributed by atoms with van der Waals surface area (Å²) in [5, 5.41) is 9.52. The maximum Gasteiger partial charge on any atom is 0.491 e. The Morgan fingerprint density at radius 2 is 2.31 bits per heavy atom. The van der Waals surface area contributed by atoms with Gasteiger partial charge in [-0.1, -0.05) is 30.3 Å². The Labute approximate surface area is 78.0 Å². The monoisotopic (exact) mass is 174 g/mol. The molecule has 0 saturated carbocycles. The average Bonchev–Trinajstić information content (AvgIpc) is 2.46. The van der Waals surface area contributed by atoms with Crippen molar-refractivity contribution >= 4 is 12.6 Å². The number of rotatable bonds is 2. The van der Waals surface area contributed by atoms with E-state index in [1.54, 1.807) is 6.08 Å². The third-order valence-corrected chi connectivity index (χ3v) is 2.28. The second-order valence-electron chi connectivity index (χ2n) is 3.13. The second-order valence-corrected chi connectivity index (χ2v) is 3.13. The van der Waals surface area contributed by atoms with Gasteiger partial charge in [0.25, 0.3) is 0 Å². The van der Waals surface area contributed by atoms with E-state index < -0.39 is 7.12 Å². The fourth-order valence-corrected chi connectivity index (χ4v) is 1.67. The van der Waals surface area contributed by atoms with E-state index in [0.29, 0.717) is 0 Å². The van der Waals surface area contributed by atoms with E-state index in [1.165, 1.54) is 0 Å². The van der Waals surface area contributed by atoms with E-state index in [9.17, 15) is 5.02 Å². The highest BCUT2D eigenvalue weighted by Crippen LogP contribution is 2.26. The summed E-state index contributed by atoms with van der Waals surface area (Å²) >= 11 is 0. The molecular weight excluding hydrogens is 163 g/mol. The van der Waals surface area contributed by atoms with Crippen molar-refractivity contribution in [3.63, 3.8) is 0 Å². The normalized spacial score (nSPS) is 20.1. The molecule has 1 aromatic rings. The van der Waals surface area contributed by atoms with E-state index in [0.717, 1.165) is 17.4 Å². The SMILES string of the molecule is C=CCC1OB(O)c2ccccc21. The molecule has 2 nitrogen and oxygen atoms in total. The molecule has 1 aliphatic heterocycles. The first-order valence-electron chi connectivity index (χ1n) is 4.36. The highest BCUT2D eigenvalue weighted by molar-refractivity contribution is 6.61. The molecule has 0 fully saturated rings. The zero-order chi connectivity index (χ0) is 9.26. The lowest BCUT2D eigenvalue weighted by Crippen LogP contribution is -2.27. The van der Waals surface area contributed by atoms with Gasteiger partial charge in [-0.05, 0) is 17.4 Å². The molecule has 0 spiro atoms. The van der Waals surface area contributed by atoms with Crippen LogP contribution in [0, 0.1) is 0 Å². The standard InChI is InChI=1S/C10H11BO2/c1-2-5-10-8-6-3-4-7-9(8)11(12)13-10/h2-4,6-7,10,12H,1,5H2. The fraction of sp³-hybridized carbons (Fsp3) is 0.200. The van der Waals surface area contributed by atoms with Gasteiger partial charge in [-0.15, -0.1) is 6.58 Å². The molecule has 0 bridgehead atoms. The molecule has 66 valence electrons. The van der Waals surface area contributed by atoms with Crippen molar-refractivity contribution in [2.75, 3.05) is 0 Å². The molecule has 2 rings (SSSR count). The minimum atomic E-state index is -0.763. The number of fused-ring (bicyclic) bond motifs is 1. The second kappa shape index (κ2) is 3.36. The zero-order valence-corrected chi connectivity index (χ0v) is 7.31. The average molecular weight is 174 g/mol. The first-order valence-corrected chi connectivity index (χ1v) is 4.36. The van der Waals surface area contributed by atoms with E-state index in [1.807, 2.05) is 24.3 Å². The minimum absolute atomic E-state index is 0.0244. The maximum atomic E-state index is 9.52. The van der Waals surface area contributed by atoms with E-state index >= 15 is 0 Å². The van der Waals surface area contributed by atoms with Crippen LogP contribution in [0.3, 0.4) is 0 Å². The molecule has 1 aliphatic rings. The number of benzene rings is 1. The molecule has 1 atom stereocenters. The van der Waals surface area contributed by atoms with Gasteiger partial charge in [-0.25, -0.2) is 0 Å². The highest BCUT2D eigenvalue weighted by Gasteiger charge is 2.33. The van der Waals surface area contributed by atoms with E-state index in [4.69, 9.17) is 4.65 Å². The van der Waals surface area contributed by atoms with Crippen molar-refractivity contribution in [2.45, 2.75) is 12.5 Å². The third kappa shape index (κ3) is 1.41. The first kappa shape index (κ1) is 8.54. The van der Waals surface area contributed by atoms with Gasteiger partial charge < -0.3 is 9.68 Å². The Hall–Kier alpha value is -1.06. The molecule has 0 amide bonds. The summed E-state index contributed by atoms with van der Waals surface area (Å²) in [7, 11) is -0.763. The Bertz CT molecular complexity index is 324. The van der Waals surface area contributed by atoms with E-state index in [2.05, 4.69) is 6.58 Å². The summed E-state index contributed by atoms with van der Waals surface area (Å²) in [4.78, 5) is 0. The quantitative estimate of drug-likeness (QED) is 0.535. The molecule has 3 heteroatoms. The molecule has 0 saturated heterocycles. The molecule has 0 radical (unpaired) electrons. The molecule has 1 unspecified atom stereocenters. The summed E-state index contributed by atoms with van der Waals surface area (Å²) in [5.41, 5.74) is 1.96. The summed E-state index contributed by atoms with van der Waals surface area (Å²) in [6, 6.07) is 7.74. The Morgan fingerprint density at radius 3 is 3.08 bits per heavy atom. The van der Waals surface area contributed by atoms with Gasteiger partial charge in [0.05, 0.1) is 6.10 Å². The summed E-state index contributed by atoms with van der Waals surface area (Å²) < 4.78 is 5.36. The molecule has 1 aromatic carbocycles. The lowest BCUT2D eigenvalue weighted by molar-refractivity contribution is 0.193.